The maximum Gasteiger partial charge on any atom is 0.228 e. The first kappa shape index (κ1) is 13.5. The molecule has 0 aliphatic carbocycles. The van der Waals surface area contributed by atoms with E-state index in [9.17, 15) is 4.79 Å². The molecule has 5 heteroatoms. The Hall–Kier alpha value is -2.43. The fourth-order valence-electron chi connectivity index (χ4n) is 2.61. The van der Waals surface area contributed by atoms with E-state index in [0.717, 1.165) is 34.2 Å². The summed E-state index contributed by atoms with van der Waals surface area (Å²) in [7, 11) is 0. The molecule has 2 heterocycles. The van der Waals surface area contributed by atoms with E-state index in [4.69, 9.17) is 0 Å². The van der Waals surface area contributed by atoms with Crippen molar-refractivity contribution in [2.45, 2.75) is 33.2 Å². The molecule has 1 amide bonds. The Bertz CT molecular complexity index is 691. The average Bonchev–Trinajstić information content (AvgIpc) is 2.76. The SMILES string of the molecule is Cc1cc(NC(C)c2ccc3c(c2)CC(=O)N3)nc(C)n1. The topological polar surface area (TPSA) is 66.9 Å². The Morgan fingerprint density at radius 3 is 2.81 bits per heavy atom. The number of rotatable bonds is 3. The van der Waals surface area contributed by atoms with E-state index < -0.39 is 0 Å². The van der Waals surface area contributed by atoms with Gasteiger partial charge in [0.05, 0.1) is 6.42 Å². The number of amides is 1. The number of hydrogen-bond acceptors (Lipinski definition) is 4. The van der Waals surface area contributed by atoms with Crippen LogP contribution in [0.5, 0.6) is 0 Å². The largest absolute Gasteiger partial charge is 0.363 e. The predicted octanol–water partition coefficient (Wildman–Crippen LogP) is 2.76. The third-order valence-corrected chi connectivity index (χ3v) is 3.58. The van der Waals surface area contributed by atoms with Gasteiger partial charge in [-0.05, 0) is 38.0 Å². The number of benzene rings is 1. The van der Waals surface area contributed by atoms with Gasteiger partial charge in [0.1, 0.15) is 11.6 Å². The third kappa shape index (κ3) is 2.86. The maximum atomic E-state index is 11.4. The summed E-state index contributed by atoms with van der Waals surface area (Å²) in [4.78, 5) is 20.1. The minimum absolute atomic E-state index is 0.0600. The van der Waals surface area contributed by atoms with Crippen molar-refractivity contribution in [2.75, 3.05) is 10.6 Å². The molecule has 1 atom stereocenters. The first-order valence-electron chi connectivity index (χ1n) is 7.03. The van der Waals surface area contributed by atoms with Gasteiger partial charge >= 0.3 is 0 Å². The second-order valence-electron chi connectivity index (χ2n) is 5.45. The molecule has 0 saturated carbocycles. The van der Waals surface area contributed by atoms with Gasteiger partial charge in [-0.25, -0.2) is 9.97 Å². The summed E-state index contributed by atoms with van der Waals surface area (Å²) >= 11 is 0. The van der Waals surface area contributed by atoms with Crippen molar-refractivity contribution in [1.82, 2.24) is 9.97 Å². The van der Waals surface area contributed by atoms with Crippen LogP contribution in [-0.2, 0) is 11.2 Å². The highest BCUT2D eigenvalue weighted by Crippen LogP contribution is 2.27. The molecule has 2 N–H and O–H groups in total. The highest BCUT2D eigenvalue weighted by Gasteiger charge is 2.18. The van der Waals surface area contributed by atoms with Crippen LogP contribution in [0, 0.1) is 13.8 Å². The van der Waals surface area contributed by atoms with Crippen molar-refractivity contribution < 1.29 is 4.79 Å². The number of aryl methyl sites for hydroxylation is 2. The Kier molecular flexibility index (Phi) is 3.33. The first-order chi connectivity index (χ1) is 10.0. The first-order valence-corrected chi connectivity index (χ1v) is 7.03. The van der Waals surface area contributed by atoms with Crippen molar-refractivity contribution in [3.8, 4) is 0 Å². The molecule has 0 spiro atoms. The molecule has 0 radical (unpaired) electrons. The monoisotopic (exact) mass is 282 g/mol. The van der Waals surface area contributed by atoms with Crippen molar-refractivity contribution in [2.24, 2.45) is 0 Å². The third-order valence-electron chi connectivity index (χ3n) is 3.58. The van der Waals surface area contributed by atoms with Crippen molar-refractivity contribution in [1.29, 1.82) is 0 Å². The lowest BCUT2D eigenvalue weighted by molar-refractivity contribution is -0.115. The quantitative estimate of drug-likeness (QED) is 0.908. The van der Waals surface area contributed by atoms with Crippen molar-refractivity contribution in [3.63, 3.8) is 0 Å². The molecule has 5 nitrogen and oxygen atoms in total. The number of nitrogens with one attached hydrogen (secondary N) is 2. The molecule has 3 rings (SSSR count). The second kappa shape index (κ2) is 5.16. The number of hydrogen-bond donors (Lipinski definition) is 2. The Balaban J connectivity index is 1.81. The molecular weight excluding hydrogens is 264 g/mol. The highest BCUT2D eigenvalue weighted by atomic mass is 16.1. The maximum absolute atomic E-state index is 11.4. The van der Waals surface area contributed by atoms with Gasteiger partial charge in [-0.3, -0.25) is 4.79 Å². The van der Waals surface area contributed by atoms with Crippen LogP contribution in [0.25, 0.3) is 0 Å². The highest BCUT2D eigenvalue weighted by molar-refractivity contribution is 5.99. The van der Waals surface area contributed by atoms with E-state index in [0.29, 0.717) is 6.42 Å². The number of aromatic nitrogens is 2. The lowest BCUT2D eigenvalue weighted by Crippen LogP contribution is -2.09. The van der Waals surface area contributed by atoms with Crippen LogP contribution < -0.4 is 10.6 Å². The standard InChI is InChI=1S/C16H18N4O/c1-9-6-15(19-11(3)17-9)18-10(2)12-4-5-14-13(7-12)8-16(21)20-14/h4-7,10H,8H2,1-3H3,(H,20,21)(H,17,18,19). The van der Waals surface area contributed by atoms with Crippen LogP contribution in [0.4, 0.5) is 11.5 Å². The zero-order chi connectivity index (χ0) is 15.0. The number of anilines is 2. The molecule has 108 valence electrons. The molecule has 21 heavy (non-hydrogen) atoms. The summed E-state index contributed by atoms with van der Waals surface area (Å²) in [6.07, 6.45) is 0.460. The zero-order valence-electron chi connectivity index (χ0n) is 12.4. The number of carbonyl (C=O) groups excluding carboxylic acids is 1. The molecule has 0 fully saturated rings. The van der Waals surface area contributed by atoms with E-state index >= 15 is 0 Å². The Morgan fingerprint density at radius 1 is 1.24 bits per heavy atom. The molecular formula is C16H18N4O. The fraction of sp³-hybridized carbons (Fsp3) is 0.312. The summed E-state index contributed by atoms with van der Waals surface area (Å²) in [6.45, 7) is 5.92. The average molecular weight is 282 g/mol. The van der Waals surface area contributed by atoms with Crippen LogP contribution in [0.2, 0.25) is 0 Å². The minimum Gasteiger partial charge on any atom is -0.363 e. The Labute approximate surface area is 123 Å². The van der Waals surface area contributed by atoms with Gasteiger partial charge in [-0.2, -0.15) is 0 Å². The molecule has 0 bridgehead atoms. The fourth-order valence-corrected chi connectivity index (χ4v) is 2.61. The van der Waals surface area contributed by atoms with Gasteiger partial charge in [0.2, 0.25) is 5.91 Å². The molecule has 1 aliphatic heterocycles. The van der Waals surface area contributed by atoms with Crippen LogP contribution >= 0.6 is 0 Å². The van der Waals surface area contributed by atoms with E-state index in [-0.39, 0.29) is 11.9 Å². The lowest BCUT2D eigenvalue weighted by atomic mass is 10.0. The minimum atomic E-state index is 0.0600. The summed E-state index contributed by atoms with van der Waals surface area (Å²) in [6, 6.07) is 8.11. The summed E-state index contributed by atoms with van der Waals surface area (Å²) in [5.74, 6) is 1.64. The number of carbonyl (C=O) groups is 1. The van der Waals surface area contributed by atoms with Crippen molar-refractivity contribution in [3.05, 3.63) is 46.9 Å². The van der Waals surface area contributed by atoms with Gasteiger partial charge in [0, 0.05) is 23.5 Å². The summed E-state index contributed by atoms with van der Waals surface area (Å²) in [5.41, 5.74) is 4.06. The van der Waals surface area contributed by atoms with Gasteiger partial charge in [0.25, 0.3) is 0 Å². The van der Waals surface area contributed by atoms with Crippen LogP contribution in [0.15, 0.2) is 24.3 Å². The molecule has 1 aromatic carbocycles. The molecule has 1 unspecified atom stereocenters. The van der Waals surface area contributed by atoms with Gasteiger partial charge < -0.3 is 10.6 Å². The second-order valence-corrected chi connectivity index (χ2v) is 5.45. The Morgan fingerprint density at radius 2 is 2.05 bits per heavy atom. The summed E-state index contributed by atoms with van der Waals surface area (Å²) in [5, 5.41) is 6.23. The van der Waals surface area contributed by atoms with Gasteiger partial charge in [-0.1, -0.05) is 12.1 Å². The van der Waals surface area contributed by atoms with E-state index in [1.165, 1.54) is 0 Å². The summed E-state index contributed by atoms with van der Waals surface area (Å²) < 4.78 is 0. The van der Waals surface area contributed by atoms with Gasteiger partial charge in [0.15, 0.2) is 0 Å². The number of fused-ring (bicyclic) bond motifs is 1. The van der Waals surface area contributed by atoms with Crippen molar-refractivity contribution >= 4 is 17.4 Å². The predicted molar refractivity (Wildman–Crippen MR) is 82.3 cm³/mol. The zero-order valence-corrected chi connectivity index (χ0v) is 12.4. The van der Waals surface area contributed by atoms with E-state index in [1.807, 2.05) is 32.0 Å². The van der Waals surface area contributed by atoms with E-state index in [1.54, 1.807) is 0 Å². The molecule has 1 aromatic heterocycles. The van der Waals surface area contributed by atoms with Crippen LogP contribution in [0.3, 0.4) is 0 Å². The molecule has 0 saturated heterocycles. The normalized spacial score (nSPS) is 14.5. The molecule has 1 aliphatic rings. The van der Waals surface area contributed by atoms with Gasteiger partial charge in [-0.15, -0.1) is 0 Å². The van der Waals surface area contributed by atoms with E-state index in [2.05, 4.69) is 33.6 Å². The smallest absolute Gasteiger partial charge is 0.228 e. The molecule has 2 aromatic rings. The van der Waals surface area contributed by atoms with Crippen LogP contribution in [0.1, 0.15) is 35.6 Å². The lowest BCUT2D eigenvalue weighted by Gasteiger charge is -2.16. The van der Waals surface area contributed by atoms with Crippen LogP contribution in [-0.4, -0.2) is 15.9 Å². The number of nitrogens with zero attached hydrogens (tertiary/aromatic N) is 2.